The van der Waals surface area contributed by atoms with Crippen molar-refractivity contribution in [2.75, 3.05) is 6.61 Å². The van der Waals surface area contributed by atoms with Gasteiger partial charge in [-0.1, -0.05) is 0 Å². The van der Waals surface area contributed by atoms with E-state index in [0.717, 1.165) is 5.01 Å². The van der Waals surface area contributed by atoms with Crippen LogP contribution in [0.4, 0.5) is 0 Å². The first-order valence-corrected chi connectivity index (χ1v) is 6.17. The van der Waals surface area contributed by atoms with Gasteiger partial charge in [0, 0.05) is 17.5 Å². The van der Waals surface area contributed by atoms with Gasteiger partial charge in [-0.15, -0.1) is 11.3 Å². The van der Waals surface area contributed by atoms with Gasteiger partial charge >= 0.3 is 5.97 Å². The van der Waals surface area contributed by atoms with Gasteiger partial charge in [0.05, 0.1) is 6.61 Å². The van der Waals surface area contributed by atoms with Crippen molar-refractivity contribution in [3.63, 3.8) is 0 Å². The van der Waals surface area contributed by atoms with Crippen LogP contribution in [0.1, 0.15) is 43.2 Å². The number of hydrogen-bond donors (Lipinski definition) is 1. The van der Waals surface area contributed by atoms with Gasteiger partial charge in [-0.25, -0.2) is 9.78 Å². The van der Waals surface area contributed by atoms with Crippen LogP contribution in [0.3, 0.4) is 0 Å². The first-order valence-electron chi connectivity index (χ1n) is 5.29. The van der Waals surface area contributed by atoms with Crippen LogP contribution in [-0.2, 0) is 11.3 Å². The number of hydrogen-bond acceptors (Lipinski definition) is 5. The third-order valence-electron chi connectivity index (χ3n) is 1.81. The zero-order chi connectivity index (χ0) is 12.2. The van der Waals surface area contributed by atoms with E-state index in [-0.39, 0.29) is 11.5 Å². The van der Waals surface area contributed by atoms with Gasteiger partial charge in [-0.3, -0.25) is 0 Å². The van der Waals surface area contributed by atoms with Crippen LogP contribution in [0.15, 0.2) is 5.38 Å². The van der Waals surface area contributed by atoms with Crippen LogP contribution >= 0.6 is 11.3 Å². The van der Waals surface area contributed by atoms with E-state index in [2.05, 4.69) is 31.1 Å². The Morgan fingerprint density at radius 2 is 2.25 bits per heavy atom. The van der Waals surface area contributed by atoms with Crippen LogP contribution in [0.2, 0.25) is 0 Å². The van der Waals surface area contributed by atoms with Gasteiger partial charge in [0.2, 0.25) is 0 Å². The minimum absolute atomic E-state index is 0.0513. The molecule has 1 heterocycles. The molecule has 0 atom stereocenters. The molecule has 1 rings (SSSR count). The van der Waals surface area contributed by atoms with E-state index >= 15 is 0 Å². The lowest BCUT2D eigenvalue weighted by Crippen LogP contribution is -2.35. The quantitative estimate of drug-likeness (QED) is 0.822. The van der Waals surface area contributed by atoms with E-state index in [9.17, 15) is 4.79 Å². The molecule has 0 aliphatic heterocycles. The predicted octanol–water partition coefficient (Wildman–Crippen LogP) is 2.21. The smallest absolute Gasteiger partial charge is 0.357 e. The Bertz CT molecular complexity index is 355. The number of nitrogens with zero attached hydrogens (tertiary/aromatic N) is 1. The van der Waals surface area contributed by atoms with E-state index in [1.807, 2.05) is 0 Å². The van der Waals surface area contributed by atoms with Crippen LogP contribution in [0.25, 0.3) is 0 Å². The highest BCUT2D eigenvalue weighted by atomic mass is 32.1. The fourth-order valence-electron chi connectivity index (χ4n) is 1.03. The number of aromatic nitrogens is 1. The molecule has 0 aliphatic rings. The average molecular weight is 242 g/mol. The SMILES string of the molecule is CCOC(=O)c1csc(CNC(C)(C)C)n1. The van der Waals surface area contributed by atoms with Crippen LogP contribution in [-0.4, -0.2) is 23.1 Å². The molecule has 1 aromatic rings. The maximum absolute atomic E-state index is 11.4. The second-order valence-electron chi connectivity index (χ2n) is 4.45. The van der Waals surface area contributed by atoms with Crippen molar-refractivity contribution >= 4 is 17.3 Å². The van der Waals surface area contributed by atoms with E-state index in [1.54, 1.807) is 12.3 Å². The molecule has 90 valence electrons. The highest BCUT2D eigenvalue weighted by molar-refractivity contribution is 7.09. The Hall–Kier alpha value is -0.940. The number of esters is 1. The van der Waals surface area contributed by atoms with E-state index in [1.165, 1.54) is 11.3 Å². The minimum Gasteiger partial charge on any atom is -0.461 e. The number of carbonyl (C=O) groups is 1. The summed E-state index contributed by atoms with van der Waals surface area (Å²) in [5, 5.41) is 5.95. The molecule has 1 aromatic heterocycles. The number of thiazole rings is 1. The van der Waals surface area contributed by atoms with Crippen molar-refractivity contribution in [1.29, 1.82) is 0 Å². The first-order chi connectivity index (χ1) is 7.42. The Labute approximate surface area is 100 Å². The maximum atomic E-state index is 11.4. The minimum atomic E-state index is -0.347. The molecule has 5 heteroatoms. The summed E-state index contributed by atoms with van der Waals surface area (Å²) in [5.74, 6) is -0.347. The van der Waals surface area contributed by atoms with Gasteiger partial charge < -0.3 is 10.1 Å². The fourth-order valence-corrected chi connectivity index (χ4v) is 1.73. The Morgan fingerprint density at radius 1 is 1.56 bits per heavy atom. The molecule has 0 saturated heterocycles. The predicted molar refractivity (Wildman–Crippen MR) is 64.7 cm³/mol. The monoisotopic (exact) mass is 242 g/mol. The third-order valence-corrected chi connectivity index (χ3v) is 2.66. The Morgan fingerprint density at radius 3 is 2.81 bits per heavy atom. The fraction of sp³-hybridized carbons (Fsp3) is 0.636. The van der Waals surface area contributed by atoms with Crippen LogP contribution in [0.5, 0.6) is 0 Å². The highest BCUT2D eigenvalue weighted by Gasteiger charge is 2.13. The summed E-state index contributed by atoms with van der Waals surface area (Å²) in [4.78, 5) is 15.6. The molecule has 0 amide bonds. The molecule has 16 heavy (non-hydrogen) atoms. The summed E-state index contributed by atoms with van der Waals surface area (Å²) < 4.78 is 4.87. The maximum Gasteiger partial charge on any atom is 0.357 e. The highest BCUT2D eigenvalue weighted by Crippen LogP contribution is 2.12. The number of carbonyl (C=O) groups excluding carboxylic acids is 1. The number of nitrogens with one attached hydrogen (secondary N) is 1. The second-order valence-corrected chi connectivity index (χ2v) is 5.39. The summed E-state index contributed by atoms with van der Waals surface area (Å²) >= 11 is 1.47. The third kappa shape index (κ3) is 4.28. The van der Waals surface area contributed by atoms with E-state index in [4.69, 9.17) is 4.74 Å². The first kappa shape index (κ1) is 13.1. The lowest BCUT2D eigenvalue weighted by Gasteiger charge is -2.19. The molecular weight excluding hydrogens is 224 g/mol. The molecule has 0 spiro atoms. The molecule has 0 aromatic carbocycles. The van der Waals surface area contributed by atoms with Crippen molar-refractivity contribution in [3.8, 4) is 0 Å². The van der Waals surface area contributed by atoms with E-state index in [0.29, 0.717) is 18.8 Å². The molecule has 4 nitrogen and oxygen atoms in total. The zero-order valence-electron chi connectivity index (χ0n) is 10.2. The second kappa shape index (κ2) is 5.41. The lowest BCUT2D eigenvalue weighted by atomic mass is 10.1. The Balaban J connectivity index is 2.55. The molecule has 1 N–H and O–H groups in total. The zero-order valence-corrected chi connectivity index (χ0v) is 11.0. The van der Waals surface area contributed by atoms with Crippen molar-refractivity contribution in [1.82, 2.24) is 10.3 Å². The molecule has 0 unspecified atom stereocenters. The number of rotatable bonds is 4. The Kier molecular flexibility index (Phi) is 4.44. The van der Waals surface area contributed by atoms with Gasteiger partial charge in [-0.2, -0.15) is 0 Å². The summed E-state index contributed by atoms with van der Waals surface area (Å²) in [5.41, 5.74) is 0.452. The van der Waals surface area contributed by atoms with Gasteiger partial charge in [-0.05, 0) is 27.7 Å². The van der Waals surface area contributed by atoms with Gasteiger partial charge in [0.15, 0.2) is 5.69 Å². The standard InChI is InChI=1S/C11H18N2O2S/c1-5-15-10(14)8-7-16-9(13-8)6-12-11(2,3)4/h7,12H,5-6H2,1-4H3. The summed E-state index contributed by atoms with van der Waals surface area (Å²) in [6.45, 7) is 9.11. The summed E-state index contributed by atoms with van der Waals surface area (Å²) in [6.07, 6.45) is 0. The molecule has 0 saturated carbocycles. The van der Waals surface area contributed by atoms with Crippen molar-refractivity contribution in [3.05, 3.63) is 16.1 Å². The molecule has 0 fully saturated rings. The van der Waals surface area contributed by atoms with Gasteiger partial charge in [0.1, 0.15) is 5.01 Å². The van der Waals surface area contributed by atoms with Crippen molar-refractivity contribution in [2.45, 2.75) is 39.8 Å². The largest absolute Gasteiger partial charge is 0.461 e. The lowest BCUT2D eigenvalue weighted by molar-refractivity contribution is 0.0520. The average Bonchev–Trinajstić information content (AvgIpc) is 2.62. The van der Waals surface area contributed by atoms with Crippen LogP contribution in [0, 0.1) is 0 Å². The van der Waals surface area contributed by atoms with Crippen molar-refractivity contribution < 1.29 is 9.53 Å². The van der Waals surface area contributed by atoms with Gasteiger partial charge in [0.25, 0.3) is 0 Å². The number of ether oxygens (including phenoxy) is 1. The molecule has 0 bridgehead atoms. The summed E-state index contributed by atoms with van der Waals surface area (Å²) in [7, 11) is 0. The topological polar surface area (TPSA) is 51.2 Å². The van der Waals surface area contributed by atoms with Crippen molar-refractivity contribution in [2.24, 2.45) is 0 Å². The molecule has 0 radical (unpaired) electrons. The normalized spacial score (nSPS) is 11.5. The van der Waals surface area contributed by atoms with E-state index < -0.39 is 0 Å². The summed E-state index contributed by atoms with van der Waals surface area (Å²) in [6, 6.07) is 0. The molecule has 0 aliphatic carbocycles. The molecular formula is C11H18N2O2S. The van der Waals surface area contributed by atoms with Crippen LogP contribution < -0.4 is 5.32 Å².